The molecule has 1 atom stereocenters. The van der Waals surface area contributed by atoms with Crippen LogP contribution in [0.3, 0.4) is 0 Å². The van der Waals surface area contributed by atoms with Crippen LogP contribution in [-0.4, -0.2) is 38.2 Å². The fraction of sp³-hybridized carbons (Fsp3) is 0.529. The van der Waals surface area contributed by atoms with Crippen LogP contribution in [0, 0.1) is 0 Å². The van der Waals surface area contributed by atoms with Crippen molar-refractivity contribution in [3.63, 3.8) is 0 Å². The van der Waals surface area contributed by atoms with Gasteiger partial charge < -0.3 is 19.2 Å². The molecule has 0 spiro atoms. The Bertz CT molecular complexity index is 613. The SMILES string of the molecule is CC(C)(C)[Si](C)(C)O[C@H](/C=C/B(O)O)COc1cccc(C(F)(F)F)c1. The molecule has 0 aromatic heterocycles. The first-order chi connectivity index (χ1) is 11.7. The molecule has 9 heteroatoms. The Kier molecular flexibility index (Phi) is 7.53. The Balaban J connectivity index is 2.91. The minimum Gasteiger partial charge on any atom is -0.491 e. The van der Waals surface area contributed by atoms with Crippen LogP contribution in [0.25, 0.3) is 0 Å². The molecule has 0 aliphatic heterocycles. The van der Waals surface area contributed by atoms with Crippen LogP contribution in [0.1, 0.15) is 26.3 Å². The number of halogens is 3. The van der Waals surface area contributed by atoms with E-state index in [0.29, 0.717) is 0 Å². The Morgan fingerprint density at radius 1 is 1.19 bits per heavy atom. The first-order valence-corrected chi connectivity index (χ1v) is 11.2. The number of alkyl halides is 3. The van der Waals surface area contributed by atoms with E-state index < -0.39 is 33.3 Å². The zero-order valence-corrected chi connectivity index (χ0v) is 16.7. The molecule has 0 amide bonds. The van der Waals surface area contributed by atoms with Gasteiger partial charge in [0, 0.05) is 0 Å². The number of hydrogen-bond donors (Lipinski definition) is 2. The topological polar surface area (TPSA) is 58.9 Å². The Hall–Kier alpha value is -1.29. The van der Waals surface area contributed by atoms with Crippen LogP contribution in [0.15, 0.2) is 36.3 Å². The van der Waals surface area contributed by atoms with Crippen LogP contribution >= 0.6 is 0 Å². The summed E-state index contributed by atoms with van der Waals surface area (Å²) >= 11 is 0. The molecule has 4 nitrogen and oxygen atoms in total. The van der Waals surface area contributed by atoms with Crippen molar-refractivity contribution in [1.82, 2.24) is 0 Å². The molecule has 0 bridgehead atoms. The number of benzene rings is 1. The highest BCUT2D eigenvalue weighted by Crippen LogP contribution is 2.37. The highest BCUT2D eigenvalue weighted by Gasteiger charge is 2.39. The average molecular weight is 390 g/mol. The van der Waals surface area contributed by atoms with Crippen molar-refractivity contribution in [3.05, 3.63) is 41.9 Å². The number of ether oxygens (including phenoxy) is 1. The second kappa shape index (κ2) is 8.60. The monoisotopic (exact) mass is 390 g/mol. The molecule has 1 aromatic rings. The summed E-state index contributed by atoms with van der Waals surface area (Å²) in [5.41, 5.74) is -0.793. The molecule has 146 valence electrons. The molecule has 0 saturated carbocycles. The fourth-order valence-corrected chi connectivity index (χ4v) is 3.10. The molecule has 1 rings (SSSR count). The summed E-state index contributed by atoms with van der Waals surface area (Å²) < 4.78 is 50.0. The highest BCUT2D eigenvalue weighted by atomic mass is 28.4. The minimum absolute atomic E-state index is 0.0446. The van der Waals surface area contributed by atoms with Crippen molar-refractivity contribution in [2.45, 2.75) is 51.2 Å². The van der Waals surface area contributed by atoms with E-state index >= 15 is 0 Å². The van der Waals surface area contributed by atoms with Gasteiger partial charge in [0.2, 0.25) is 0 Å². The Morgan fingerprint density at radius 2 is 1.81 bits per heavy atom. The van der Waals surface area contributed by atoms with E-state index in [-0.39, 0.29) is 17.4 Å². The van der Waals surface area contributed by atoms with Gasteiger partial charge in [-0.15, -0.1) is 0 Å². The summed E-state index contributed by atoms with van der Waals surface area (Å²) in [6.07, 6.45) is -3.61. The third-order valence-corrected chi connectivity index (χ3v) is 8.83. The van der Waals surface area contributed by atoms with Crippen molar-refractivity contribution in [2.75, 3.05) is 6.61 Å². The average Bonchev–Trinajstić information content (AvgIpc) is 2.48. The van der Waals surface area contributed by atoms with Gasteiger partial charge in [-0.25, -0.2) is 0 Å². The van der Waals surface area contributed by atoms with Crippen LogP contribution in [0.2, 0.25) is 18.1 Å². The van der Waals surface area contributed by atoms with Gasteiger partial charge in [-0.1, -0.05) is 38.9 Å². The highest BCUT2D eigenvalue weighted by molar-refractivity contribution is 6.74. The molecule has 2 N–H and O–H groups in total. The molecule has 0 aliphatic rings. The number of rotatable bonds is 7. The van der Waals surface area contributed by atoms with Gasteiger partial charge in [-0.05, 0) is 36.3 Å². The molecule has 0 fully saturated rings. The molecule has 0 saturated heterocycles. The first kappa shape index (κ1) is 22.8. The van der Waals surface area contributed by atoms with Crippen molar-refractivity contribution < 1.29 is 32.4 Å². The molecule has 0 radical (unpaired) electrons. The van der Waals surface area contributed by atoms with Crippen LogP contribution in [0.5, 0.6) is 5.75 Å². The van der Waals surface area contributed by atoms with Gasteiger partial charge in [0.1, 0.15) is 12.4 Å². The third kappa shape index (κ3) is 7.14. The van der Waals surface area contributed by atoms with Crippen molar-refractivity contribution in [3.8, 4) is 5.75 Å². The predicted molar refractivity (Wildman–Crippen MR) is 98.3 cm³/mol. The molecular weight excluding hydrogens is 364 g/mol. The zero-order valence-electron chi connectivity index (χ0n) is 15.7. The van der Waals surface area contributed by atoms with Crippen molar-refractivity contribution in [2.24, 2.45) is 0 Å². The lowest BCUT2D eigenvalue weighted by Gasteiger charge is -2.38. The Labute approximate surface area is 153 Å². The van der Waals surface area contributed by atoms with Crippen LogP contribution in [-0.2, 0) is 10.6 Å². The minimum atomic E-state index is -4.45. The second-order valence-corrected chi connectivity index (χ2v) is 12.3. The predicted octanol–water partition coefficient (Wildman–Crippen LogP) is 4.04. The summed E-state index contributed by atoms with van der Waals surface area (Å²) in [6.45, 7) is 10.1. The molecule has 0 unspecified atom stereocenters. The summed E-state index contributed by atoms with van der Waals surface area (Å²) in [6, 6.07) is 4.60. The van der Waals surface area contributed by atoms with E-state index in [1.165, 1.54) is 18.2 Å². The quantitative estimate of drug-likeness (QED) is 0.690. The van der Waals surface area contributed by atoms with Gasteiger partial charge in [-0.2, -0.15) is 13.2 Å². The lowest BCUT2D eigenvalue weighted by atomic mass is 9.91. The van der Waals surface area contributed by atoms with Gasteiger partial charge in [0.05, 0.1) is 11.7 Å². The van der Waals surface area contributed by atoms with E-state index in [0.717, 1.165) is 18.1 Å². The van der Waals surface area contributed by atoms with E-state index in [2.05, 4.69) is 20.8 Å². The lowest BCUT2D eigenvalue weighted by molar-refractivity contribution is -0.137. The van der Waals surface area contributed by atoms with Crippen molar-refractivity contribution >= 4 is 15.4 Å². The Morgan fingerprint density at radius 3 is 2.31 bits per heavy atom. The third-order valence-electron chi connectivity index (χ3n) is 4.33. The maximum absolute atomic E-state index is 12.8. The largest absolute Gasteiger partial charge is 0.491 e. The first-order valence-electron chi connectivity index (χ1n) is 8.25. The summed E-state index contributed by atoms with van der Waals surface area (Å²) in [7, 11) is -3.84. The molecule has 0 aliphatic carbocycles. The van der Waals surface area contributed by atoms with Gasteiger partial charge in [0.15, 0.2) is 8.32 Å². The van der Waals surface area contributed by atoms with E-state index in [1.54, 1.807) is 0 Å². The normalized spacial score (nSPS) is 14.5. The summed E-state index contributed by atoms with van der Waals surface area (Å²) in [5.74, 6) is 1.22. The van der Waals surface area contributed by atoms with Gasteiger partial charge >= 0.3 is 13.3 Å². The molecule has 26 heavy (non-hydrogen) atoms. The smallest absolute Gasteiger partial charge is 0.480 e. The van der Waals surface area contributed by atoms with E-state index in [9.17, 15) is 13.2 Å². The molecular formula is C17H26BF3O4Si. The molecule has 1 aromatic carbocycles. The van der Waals surface area contributed by atoms with E-state index in [4.69, 9.17) is 19.2 Å². The summed E-state index contributed by atoms with van der Waals surface area (Å²) in [5, 5.41) is 18.0. The molecule has 0 heterocycles. The zero-order chi connectivity index (χ0) is 20.2. The second-order valence-electron chi connectivity index (χ2n) is 7.55. The standard InChI is InChI=1S/C17H26BF3O4Si/c1-16(2,3)26(4,5)25-15(9-10-18(22)23)12-24-14-8-6-7-13(11-14)17(19,20)21/h6-11,15,22-23H,12H2,1-5H3/b10-9+/t15-/m1/s1. The summed E-state index contributed by atoms with van der Waals surface area (Å²) in [4.78, 5) is 0. The fourth-order valence-electron chi connectivity index (χ4n) is 1.85. The van der Waals surface area contributed by atoms with E-state index in [1.807, 2.05) is 13.1 Å². The maximum Gasteiger partial charge on any atom is 0.480 e. The van der Waals surface area contributed by atoms with Crippen molar-refractivity contribution in [1.29, 1.82) is 0 Å². The van der Waals surface area contributed by atoms with Crippen LogP contribution < -0.4 is 4.74 Å². The van der Waals surface area contributed by atoms with Gasteiger partial charge in [0.25, 0.3) is 0 Å². The lowest BCUT2D eigenvalue weighted by Crippen LogP contribution is -2.45. The van der Waals surface area contributed by atoms with Gasteiger partial charge in [-0.3, -0.25) is 0 Å². The van der Waals surface area contributed by atoms with Crippen LogP contribution in [0.4, 0.5) is 13.2 Å². The maximum atomic E-state index is 12.8. The number of hydrogen-bond acceptors (Lipinski definition) is 4.